The van der Waals surface area contributed by atoms with Gasteiger partial charge in [0.1, 0.15) is 17.6 Å². The largest absolute Gasteiger partial charge is 0.497 e. The molecule has 9 nitrogen and oxygen atoms in total. The summed E-state index contributed by atoms with van der Waals surface area (Å²) in [5, 5.41) is 2.73. The van der Waals surface area contributed by atoms with Gasteiger partial charge in [-0.05, 0) is 36.8 Å². The van der Waals surface area contributed by atoms with E-state index in [0.29, 0.717) is 11.5 Å². The fourth-order valence-corrected chi connectivity index (χ4v) is 2.99. The first kappa shape index (κ1) is 23.4. The highest BCUT2D eigenvalue weighted by molar-refractivity contribution is 7.88. The Labute approximate surface area is 176 Å². The van der Waals surface area contributed by atoms with E-state index in [0.717, 1.165) is 16.1 Å². The van der Waals surface area contributed by atoms with E-state index < -0.39 is 22.0 Å². The number of nitrogens with one attached hydrogen (secondary N) is 1. The number of carbonyl (C=O) groups is 2. The van der Waals surface area contributed by atoms with E-state index in [2.05, 4.69) is 5.32 Å². The SMILES string of the molecule is COc1ccc(CN(C(=O)CN(C)S(C)(=O)=O)C(C)C(=O)NCc2ccco2)cc1. The molecule has 1 heterocycles. The van der Waals surface area contributed by atoms with Crippen LogP contribution in [0.1, 0.15) is 18.2 Å². The van der Waals surface area contributed by atoms with Gasteiger partial charge in [-0.15, -0.1) is 0 Å². The predicted octanol–water partition coefficient (Wildman–Crippen LogP) is 1.21. The number of ether oxygens (including phenoxy) is 1. The molecule has 0 aliphatic carbocycles. The van der Waals surface area contributed by atoms with Gasteiger partial charge in [0.05, 0.1) is 32.7 Å². The van der Waals surface area contributed by atoms with E-state index in [1.54, 1.807) is 50.4 Å². The van der Waals surface area contributed by atoms with Crippen molar-refractivity contribution in [3.05, 3.63) is 54.0 Å². The molecule has 1 N–H and O–H groups in total. The Morgan fingerprint density at radius 1 is 1.20 bits per heavy atom. The Balaban J connectivity index is 2.17. The highest BCUT2D eigenvalue weighted by atomic mass is 32.2. The van der Waals surface area contributed by atoms with Crippen LogP contribution in [0.5, 0.6) is 5.75 Å². The minimum atomic E-state index is -3.54. The zero-order chi connectivity index (χ0) is 22.3. The number of furan rings is 1. The van der Waals surface area contributed by atoms with Crippen LogP contribution in [-0.2, 0) is 32.7 Å². The minimum Gasteiger partial charge on any atom is -0.497 e. The van der Waals surface area contributed by atoms with Gasteiger partial charge in [-0.3, -0.25) is 9.59 Å². The molecule has 0 saturated carbocycles. The zero-order valence-electron chi connectivity index (χ0n) is 17.5. The molecule has 30 heavy (non-hydrogen) atoms. The van der Waals surface area contributed by atoms with Crippen molar-refractivity contribution in [2.75, 3.05) is 27.0 Å². The summed E-state index contributed by atoms with van der Waals surface area (Å²) in [5.74, 6) is 0.382. The molecule has 2 rings (SSSR count). The second-order valence-electron chi connectivity index (χ2n) is 6.86. The molecule has 1 aromatic heterocycles. The maximum atomic E-state index is 12.9. The molecule has 2 aromatic rings. The Bertz CT molecular complexity index is 941. The summed E-state index contributed by atoms with van der Waals surface area (Å²) in [5.41, 5.74) is 0.775. The van der Waals surface area contributed by atoms with Gasteiger partial charge in [0, 0.05) is 13.6 Å². The van der Waals surface area contributed by atoms with Gasteiger partial charge in [-0.25, -0.2) is 8.42 Å². The van der Waals surface area contributed by atoms with Crippen molar-refractivity contribution in [2.45, 2.75) is 26.1 Å². The summed E-state index contributed by atoms with van der Waals surface area (Å²) in [6.07, 6.45) is 2.53. The number of rotatable bonds is 10. The van der Waals surface area contributed by atoms with Crippen LogP contribution in [0.15, 0.2) is 47.1 Å². The predicted molar refractivity (Wildman–Crippen MR) is 111 cm³/mol. The van der Waals surface area contributed by atoms with Crippen molar-refractivity contribution >= 4 is 21.8 Å². The molecule has 0 aliphatic rings. The van der Waals surface area contributed by atoms with Gasteiger partial charge in [0.15, 0.2) is 0 Å². The van der Waals surface area contributed by atoms with Crippen LogP contribution >= 0.6 is 0 Å². The molecule has 0 bridgehead atoms. The topological polar surface area (TPSA) is 109 Å². The quantitative estimate of drug-likeness (QED) is 0.599. The number of benzene rings is 1. The molecule has 2 amide bonds. The van der Waals surface area contributed by atoms with Gasteiger partial charge >= 0.3 is 0 Å². The summed E-state index contributed by atoms with van der Waals surface area (Å²) in [4.78, 5) is 26.9. The molecule has 0 saturated heterocycles. The van der Waals surface area contributed by atoms with E-state index in [-0.39, 0.29) is 25.5 Å². The summed E-state index contributed by atoms with van der Waals surface area (Å²) in [6, 6.07) is 9.68. The van der Waals surface area contributed by atoms with Crippen LogP contribution in [0.25, 0.3) is 0 Å². The molecular weight excluding hydrogens is 410 g/mol. The lowest BCUT2D eigenvalue weighted by atomic mass is 10.1. The Morgan fingerprint density at radius 3 is 2.40 bits per heavy atom. The summed E-state index contributed by atoms with van der Waals surface area (Å²) in [6.45, 7) is 1.55. The lowest BCUT2D eigenvalue weighted by Crippen LogP contribution is -2.50. The molecule has 0 fully saturated rings. The molecule has 10 heteroatoms. The molecule has 1 atom stereocenters. The Morgan fingerprint density at radius 2 is 1.87 bits per heavy atom. The van der Waals surface area contributed by atoms with Crippen molar-refractivity contribution in [3.8, 4) is 5.75 Å². The number of hydrogen-bond donors (Lipinski definition) is 1. The molecule has 0 aliphatic heterocycles. The van der Waals surface area contributed by atoms with E-state index in [4.69, 9.17) is 9.15 Å². The van der Waals surface area contributed by atoms with Crippen LogP contribution in [0, 0.1) is 0 Å². The number of nitrogens with zero attached hydrogens (tertiary/aromatic N) is 2. The van der Waals surface area contributed by atoms with Crippen LogP contribution in [0.3, 0.4) is 0 Å². The van der Waals surface area contributed by atoms with E-state index in [9.17, 15) is 18.0 Å². The fraction of sp³-hybridized carbons (Fsp3) is 0.400. The number of likely N-dealkylation sites (N-methyl/N-ethyl adjacent to an activating group) is 1. The van der Waals surface area contributed by atoms with Gasteiger partial charge in [0.25, 0.3) is 0 Å². The first-order valence-corrected chi connectivity index (χ1v) is 11.1. The number of amides is 2. The smallest absolute Gasteiger partial charge is 0.242 e. The third-order valence-electron chi connectivity index (χ3n) is 4.62. The van der Waals surface area contributed by atoms with Crippen molar-refractivity contribution < 1.29 is 27.2 Å². The third kappa shape index (κ3) is 6.60. The molecule has 164 valence electrons. The lowest BCUT2D eigenvalue weighted by Gasteiger charge is -2.30. The molecule has 1 aromatic carbocycles. The first-order chi connectivity index (χ1) is 14.1. The maximum Gasteiger partial charge on any atom is 0.242 e. The number of methoxy groups -OCH3 is 1. The van der Waals surface area contributed by atoms with Crippen molar-refractivity contribution in [2.24, 2.45) is 0 Å². The van der Waals surface area contributed by atoms with Gasteiger partial charge < -0.3 is 19.4 Å². The highest BCUT2D eigenvalue weighted by Crippen LogP contribution is 2.15. The summed E-state index contributed by atoms with van der Waals surface area (Å²) >= 11 is 0. The molecule has 1 unspecified atom stereocenters. The van der Waals surface area contributed by atoms with Crippen LogP contribution in [0.4, 0.5) is 0 Å². The fourth-order valence-electron chi connectivity index (χ4n) is 2.64. The van der Waals surface area contributed by atoms with Crippen LogP contribution in [-0.4, -0.2) is 62.4 Å². The molecular formula is C20H27N3O6S. The normalized spacial score (nSPS) is 12.4. The van der Waals surface area contributed by atoms with Crippen LogP contribution < -0.4 is 10.1 Å². The van der Waals surface area contributed by atoms with Gasteiger partial charge in [0.2, 0.25) is 21.8 Å². The lowest BCUT2D eigenvalue weighted by molar-refractivity contribution is -0.140. The van der Waals surface area contributed by atoms with E-state index in [1.807, 2.05) is 0 Å². The average molecular weight is 438 g/mol. The maximum absolute atomic E-state index is 12.9. The third-order valence-corrected chi connectivity index (χ3v) is 5.88. The highest BCUT2D eigenvalue weighted by Gasteiger charge is 2.28. The van der Waals surface area contributed by atoms with Crippen molar-refractivity contribution in [1.29, 1.82) is 0 Å². The Kier molecular flexibility index (Phi) is 8.01. The number of sulfonamides is 1. The van der Waals surface area contributed by atoms with Crippen molar-refractivity contribution in [1.82, 2.24) is 14.5 Å². The van der Waals surface area contributed by atoms with E-state index >= 15 is 0 Å². The minimum absolute atomic E-state index is 0.135. The van der Waals surface area contributed by atoms with Crippen LogP contribution in [0.2, 0.25) is 0 Å². The van der Waals surface area contributed by atoms with E-state index in [1.165, 1.54) is 18.2 Å². The van der Waals surface area contributed by atoms with Gasteiger partial charge in [-0.2, -0.15) is 4.31 Å². The van der Waals surface area contributed by atoms with Gasteiger partial charge in [-0.1, -0.05) is 12.1 Å². The first-order valence-electron chi connectivity index (χ1n) is 9.25. The zero-order valence-corrected chi connectivity index (χ0v) is 18.3. The number of hydrogen-bond acceptors (Lipinski definition) is 6. The Hall–Kier alpha value is -2.85. The summed E-state index contributed by atoms with van der Waals surface area (Å²) in [7, 11) is -0.670. The standard InChI is InChI=1S/C20H27N3O6S/c1-15(20(25)21-12-18-6-5-11-29-18)23(19(24)14-22(2)30(4,26)27)13-16-7-9-17(28-3)10-8-16/h5-11,15H,12-14H2,1-4H3,(H,21,25). The summed E-state index contributed by atoms with van der Waals surface area (Å²) < 4.78 is 34.7. The number of carbonyl (C=O) groups excluding carboxylic acids is 2. The molecule has 0 radical (unpaired) electrons. The second kappa shape index (κ2) is 10.3. The monoisotopic (exact) mass is 437 g/mol. The molecule has 0 spiro atoms. The second-order valence-corrected chi connectivity index (χ2v) is 8.95. The van der Waals surface area contributed by atoms with Crippen molar-refractivity contribution in [3.63, 3.8) is 0 Å². The average Bonchev–Trinajstić information content (AvgIpc) is 3.23.